The van der Waals surface area contributed by atoms with Crippen molar-refractivity contribution in [3.63, 3.8) is 0 Å². The second-order valence-electron chi connectivity index (χ2n) is 4.84. The van der Waals surface area contributed by atoms with E-state index < -0.39 is 0 Å². The summed E-state index contributed by atoms with van der Waals surface area (Å²) in [4.78, 5) is 0. The van der Waals surface area contributed by atoms with Crippen molar-refractivity contribution >= 4 is 0 Å². The van der Waals surface area contributed by atoms with Gasteiger partial charge in [-0.2, -0.15) is 0 Å². The van der Waals surface area contributed by atoms with Crippen LogP contribution in [0.1, 0.15) is 29.7 Å². The molecule has 0 aliphatic carbocycles. The zero-order valence-corrected chi connectivity index (χ0v) is 11.2. The average molecular weight is 257 g/mol. The van der Waals surface area contributed by atoms with Crippen LogP contribution in [0.5, 0.6) is 11.5 Å². The molecular weight excluding hydrogens is 238 g/mol. The lowest BCUT2D eigenvalue weighted by molar-refractivity contribution is 0.402. The molecule has 0 bridgehead atoms. The second kappa shape index (κ2) is 5.76. The summed E-state index contributed by atoms with van der Waals surface area (Å²) in [6.07, 6.45) is 0. The summed E-state index contributed by atoms with van der Waals surface area (Å²) in [7, 11) is 0. The van der Waals surface area contributed by atoms with Crippen LogP contribution in [0.2, 0.25) is 0 Å². The van der Waals surface area contributed by atoms with Crippen molar-refractivity contribution in [2.75, 3.05) is 0 Å². The normalized spacial score (nSPS) is 12.3. The van der Waals surface area contributed by atoms with Gasteiger partial charge in [-0.05, 0) is 37.1 Å². The molecule has 0 fully saturated rings. The predicted molar refractivity (Wildman–Crippen MR) is 76.2 cm³/mol. The molecule has 2 aromatic carbocycles. The molecule has 0 heterocycles. The molecule has 0 radical (unpaired) electrons. The smallest absolute Gasteiger partial charge is 0.157 e. The maximum atomic E-state index is 9.44. The van der Waals surface area contributed by atoms with Gasteiger partial charge >= 0.3 is 0 Å². The number of phenols is 2. The van der Waals surface area contributed by atoms with Crippen LogP contribution in [0, 0.1) is 6.92 Å². The van der Waals surface area contributed by atoms with Gasteiger partial charge in [0.25, 0.3) is 0 Å². The van der Waals surface area contributed by atoms with E-state index >= 15 is 0 Å². The fraction of sp³-hybridized carbons (Fsp3) is 0.250. The number of aromatic hydroxyl groups is 2. The number of benzene rings is 2. The summed E-state index contributed by atoms with van der Waals surface area (Å²) in [5, 5.41) is 22.1. The molecule has 0 saturated carbocycles. The fourth-order valence-electron chi connectivity index (χ4n) is 1.92. The molecule has 0 saturated heterocycles. The monoisotopic (exact) mass is 257 g/mol. The lowest BCUT2D eigenvalue weighted by Gasteiger charge is -2.15. The Morgan fingerprint density at radius 2 is 1.68 bits per heavy atom. The lowest BCUT2D eigenvalue weighted by Crippen LogP contribution is -2.17. The zero-order chi connectivity index (χ0) is 13.8. The van der Waals surface area contributed by atoms with Gasteiger partial charge in [0.05, 0.1) is 0 Å². The van der Waals surface area contributed by atoms with Crippen LogP contribution in [0.3, 0.4) is 0 Å². The van der Waals surface area contributed by atoms with Crippen LogP contribution < -0.4 is 5.32 Å². The molecule has 100 valence electrons. The number of hydrogen-bond acceptors (Lipinski definition) is 3. The summed E-state index contributed by atoms with van der Waals surface area (Å²) in [5.74, 6) is -0.169. The minimum Gasteiger partial charge on any atom is -0.504 e. The largest absolute Gasteiger partial charge is 0.504 e. The highest BCUT2D eigenvalue weighted by Gasteiger charge is 2.05. The Morgan fingerprint density at radius 1 is 1.00 bits per heavy atom. The average Bonchev–Trinajstić information content (AvgIpc) is 2.40. The first-order valence-corrected chi connectivity index (χ1v) is 6.37. The summed E-state index contributed by atoms with van der Waals surface area (Å²) in [5.41, 5.74) is 3.42. The van der Waals surface area contributed by atoms with E-state index in [4.69, 9.17) is 0 Å². The first-order chi connectivity index (χ1) is 9.06. The predicted octanol–water partition coefficient (Wildman–Crippen LogP) is 3.26. The van der Waals surface area contributed by atoms with Gasteiger partial charge in [-0.1, -0.05) is 35.9 Å². The van der Waals surface area contributed by atoms with Gasteiger partial charge in [-0.25, -0.2) is 0 Å². The molecular formula is C16H19NO2. The van der Waals surface area contributed by atoms with E-state index in [1.165, 1.54) is 17.2 Å². The third-order valence-electron chi connectivity index (χ3n) is 3.23. The van der Waals surface area contributed by atoms with E-state index in [9.17, 15) is 10.2 Å². The van der Waals surface area contributed by atoms with Gasteiger partial charge in [0, 0.05) is 12.6 Å². The number of nitrogens with one attached hydrogen (secondary N) is 1. The number of rotatable bonds is 4. The number of phenolic OH excluding ortho intramolecular Hbond substituents is 2. The molecule has 3 heteroatoms. The van der Waals surface area contributed by atoms with Crippen molar-refractivity contribution in [3.05, 3.63) is 59.2 Å². The second-order valence-corrected chi connectivity index (χ2v) is 4.84. The SMILES string of the molecule is Cc1ccc(C(C)NCc2ccc(O)c(O)c2)cc1. The Hall–Kier alpha value is -2.00. The Labute approximate surface area is 113 Å². The maximum Gasteiger partial charge on any atom is 0.157 e. The van der Waals surface area contributed by atoms with Crippen molar-refractivity contribution in [1.29, 1.82) is 0 Å². The Morgan fingerprint density at radius 3 is 2.32 bits per heavy atom. The van der Waals surface area contributed by atoms with Crippen LogP contribution >= 0.6 is 0 Å². The van der Waals surface area contributed by atoms with Crippen molar-refractivity contribution < 1.29 is 10.2 Å². The summed E-state index contributed by atoms with van der Waals surface area (Å²) < 4.78 is 0. The van der Waals surface area contributed by atoms with Gasteiger partial charge in [0.1, 0.15) is 0 Å². The van der Waals surface area contributed by atoms with E-state index in [0.717, 1.165) is 5.56 Å². The summed E-state index contributed by atoms with van der Waals surface area (Å²) >= 11 is 0. The van der Waals surface area contributed by atoms with Gasteiger partial charge in [-0.15, -0.1) is 0 Å². The topological polar surface area (TPSA) is 52.5 Å². The molecule has 1 atom stereocenters. The van der Waals surface area contributed by atoms with E-state index in [1.807, 2.05) is 0 Å². The van der Waals surface area contributed by atoms with E-state index in [-0.39, 0.29) is 17.5 Å². The first kappa shape index (κ1) is 13.4. The minimum absolute atomic E-state index is 0.0812. The standard InChI is InChI=1S/C16H19NO2/c1-11-3-6-14(7-4-11)12(2)17-10-13-5-8-15(18)16(19)9-13/h3-9,12,17-19H,10H2,1-2H3. The molecule has 19 heavy (non-hydrogen) atoms. The van der Waals surface area contributed by atoms with Crippen LogP contribution in [-0.2, 0) is 6.54 Å². The number of hydrogen-bond donors (Lipinski definition) is 3. The molecule has 0 amide bonds. The quantitative estimate of drug-likeness (QED) is 0.737. The van der Waals surface area contributed by atoms with E-state index in [1.54, 1.807) is 12.1 Å². The van der Waals surface area contributed by atoms with Crippen LogP contribution in [0.25, 0.3) is 0 Å². The van der Waals surface area contributed by atoms with Gasteiger partial charge in [0.2, 0.25) is 0 Å². The summed E-state index contributed by atoms with van der Waals surface area (Å²) in [6, 6.07) is 13.5. The minimum atomic E-state index is -0.0877. The highest BCUT2D eigenvalue weighted by Crippen LogP contribution is 2.25. The van der Waals surface area contributed by atoms with Gasteiger partial charge in [0.15, 0.2) is 11.5 Å². The van der Waals surface area contributed by atoms with Crippen molar-refractivity contribution in [2.45, 2.75) is 26.4 Å². The third kappa shape index (κ3) is 3.48. The molecule has 3 N–H and O–H groups in total. The molecule has 0 aromatic heterocycles. The Balaban J connectivity index is 1.98. The lowest BCUT2D eigenvalue weighted by atomic mass is 10.1. The van der Waals surface area contributed by atoms with E-state index in [2.05, 4.69) is 43.4 Å². The highest BCUT2D eigenvalue weighted by atomic mass is 16.3. The first-order valence-electron chi connectivity index (χ1n) is 6.37. The molecule has 0 spiro atoms. The van der Waals surface area contributed by atoms with Crippen LogP contribution in [-0.4, -0.2) is 10.2 Å². The summed E-state index contributed by atoms with van der Waals surface area (Å²) in [6.45, 7) is 4.81. The molecule has 0 aliphatic heterocycles. The van der Waals surface area contributed by atoms with Crippen molar-refractivity contribution in [3.8, 4) is 11.5 Å². The molecule has 1 unspecified atom stereocenters. The van der Waals surface area contributed by atoms with Crippen molar-refractivity contribution in [1.82, 2.24) is 5.32 Å². The van der Waals surface area contributed by atoms with Crippen LogP contribution in [0.4, 0.5) is 0 Å². The van der Waals surface area contributed by atoms with Crippen molar-refractivity contribution in [2.24, 2.45) is 0 Å². The van der Waals surface area contributed by atoms with Gasteiger partial charge in [-0.3, -0.25) is 0 Å². The highest BCUT2D eigenvalue weighted by molar-refractivity contribution is 5.40. The maximum absolute atomic E-state index is 9.44. The molecule has 2 rings (SSSR count). The Bertz CT molecular complexity index is 549. The Kier molecular flexibility index (Phi) is 4.07. The number of aryl methyl sites for hydroxylation is 1. The van der Waals surface area contributed by atoms with Gasteiger partial charge < -0.3 is 15.5 Å². The zero-order valence-electron chi connectivity index (χ0n) is 11.2. The fourth-order valence-corrected chi connectivity index (χ4v) is 1.92. The molecule has 2 aromatic rings. The van der Waals surface area contributed by atoms with Crippen LogP contribution in [0.15, 0.2) is 42.5 Å². The molecule has 3 nitrogen and oxygen atoms in total. The van der Waals surface area contributed by atoms with E-state index in [0.29, 0.717) is 6.54 Å². The third-order valence-corrected chi connectivity index (χ3v) is 3.23. The molecule has 0 aliphatic rings.